The van der Waals surface area contributed by atoms with E-state index in [1.807, 2.05) is 6.26 Å². The third kappa shape index (κ3) is 2.20. The summed E-state index contributed by atoms with van der Waals surface area (Å²) in [4.78, 5) is 0. The van der Waals surface area contributed by atoms with E-state index in [2.05, 4.69) is 39.5 Å². The van der Waals surface area contributed by atoms with Crippen LogP contribution in [0, 0.1) is 20.8 Å². The second-order valence-electron chi connectivity index (χ2n) is 3.35. The van der Waals surface area contributed by atoms with Crippen LogP contribution in [0.25, 0.3) is 0 Å². The highest BCUT2D eigenvalue weighted by Gasteiger charge is 2.10. The molecule has 0 aliphatic rings. The average molecular weight is 228 g/mol. The smallest absolute Gasteiger partial charge is 0.143 e. The summed E-state index contributed by atoms with van der Waals surface area (Å²) in [5, 5.41) is 0. The molecule has 14 heavy (non-hydrogen) atoms. The Morgan fingerprint density at radius 2 is 1.93 bits per heavy atom. The van der Waals surface area contributed by atoms with Crippen molar-refractivity contribution in [3.8, 4) is 5.75 Å². The van der Waals surface area contributed by atoms with Gasteiger partial charge < -0.3 is 4.18 Å². The molecule has 0 aliphatic heterocycles. The molecule has 3 heteroatoms. The maximum atomic E-state index is 5.55. The van der Waals surface area contributed by atoms with Crippen molar-refractivity contribution < 1.29 is 4.18 Å². The van der Waals surface area contributed by atoms with Crippen molar-refractivity contribution in [3.63, 3.8) is 0 Å². The van der Waals surface area contributed by atoms with Gasteiger partial charge in [0.05, 0.1) is 12.0 Å². The van der Waals surface area contributed by atoms with Crippen LogP contribution in [0.1, 0.15) is 22.3 Å². The number of aryl methyl sites for hydroxylation is 2. The molecule has 1 aromatic rings. The summed E-state index contributed by atoms with van der Waals surface area (Å²) in [6.45, 7) is 6.29. The monoisotopic (exact) mass is 228 g/mol. The Bertz CT molecular complexity index is 335. The average Bonchev–Trinajstić information content (AvgIpc) is 2.12. The van der Waals surface area contributed by atoms with Crippen molar-refractivity contribution in [2.75, 3.05) is 6.26 Å². The van der Waals surface area contributed by atoms with Gasteiger partial charge in [-0.3, -0.25) is 0 Å². The van der Waals surface area contributed by atoms with E-state index in [9.17, 15) is 0 Å². The second-order valence-corrected chi connectivity index (χ2v) is 4.17. The summed E-state index contributed by atoms with van der Waals surface area (Å²) in [7, 11) is 0. The lowest BCUT2D eigenvalue weighted by Gasteiger charge is -2.14. The van der Waals surface area contributed by atoms with Crippen molar-refractivity contribution in [3.05, 3.63) is 28.3 Å². The first-order valence-corrected chi connectivity index (χ1v) is 6.31. The summed E-state index contributed by atoms with van der Waals surface area (Å²) < 4.78 is 5.55. The molecule has 0 bridgehead atoms. The fraction of sp³-hybridized carbons (Fsp3) is 0.455. The van der Waals surface area contributed by atoms with E-state index in [-0.39, 0.29) is 0 Å². The van der Waals surface area contributed by atoms with E-state index in [1.165, 1.54) is 34.3 Å². The fourth-order valence-corrected chi connectivity index (χ4v) is 2.57. The molecular formula is C11H16OS2. The molecule has 0 fully saturated rings. The van der Waals surface area contributed by atoms with Gasteiger partial charge in [-0.1, -0.05) is 6.07 Å². The number of rotatable bonds is 3. The zero-order chi connectivity index (χ0) is 10.7. The standard InChI is InChI=1S/C11H16OS2/c1-7-5-8(2)11(12-14-4)9(3)10(7)6-13/h5,13H,6H2,1-4H3. The Balaban J connectivity index is 3.28. The van der Waals surface area contributed by atoms with Gasteiger partial charge in [0.2, 0.25) is 0 Å². The summed E-state index contributed by atoms with van der Waals surface area (Å²) in [5.74, 6) is 1.76. The highest BCUT2D eigenvalue weighted by Crippen LogP contribution is 2.31. The van der Waals surface area contributed by atoms with Gasteiger partial charge in [-0.05, 0) is 43.0 Å². The predicted molar refractivity (Wildman–Crippen MR) is 67.5 cm³/mol. The van der Waals surface area contributed by atoms with Crippen LogP contribution in [0.15, 0.2) is 6.07 Å². The Labute approximate surface area is 95.9 Å². The summed E-state index contributed by atoms with van der Waals surface area (Å²) in [5.41, 5.74) is 4.98. The van der Waals surface area contributed by atoms with Gasteiger partial charge in [-0.2, -0.15) is 12.6 Å². The van der Waals surface area contributed by atoms with Crippen molar-refractivity contribution in [2.45, 2.75) is 26.5 Å². The SMILES string of the molecule is CSOc1c(C)cc(C)c(CS)c1C. The van der Waals surface area contributed by atoms with Crippen LogP contribution in [0.4, 0.5) is 0 Å². The first kappa shape index (κ1) is 11.8. The normalized spacial score (nSPS) is 10.4. The van der Waals surface area contributed by atoms with E-state index in [0.717, 1.165) is 11.5 Å². The highest BCUT2D eigenvalue weighted by molar-refractivity contribution is 7.94. The minimum atomic E-state index is 0.767. The largest absolute Gasteiger partial charge is 0.426 e. The summed E-state index contributed by atoms with van der Waals surface area (Å²) in [6.07, 6.45) is 1.93. The molecule has 0 atom stereocenters. The minimum Gasteiger partial charge on any atom is -0.426 e. The zero-order valence-corrected chi connectivity index (χ0v) is 10.8. The number of benzene rings is 1. The lowest BCUT2D eigenvalue weighted by molar-refractivity contribution is 0.635. The van der Waals surface area contributed by atoms with Crippen LogP contribution in [0.3, 0.4) is 0 Å². The number of hydrogen-bond donors (Lipinski definition) is 1. The zero-order valence-electron chi connectivity index (χ0n) is 9.05. The minimum absolute atomic E-state index is 0.767. The van der Waals surface area contributed by atoms with E-state index >= 15 is 0 Å². The molecule has 1 aromatic carbocycles. The first-order chi connectivity index (χ1) is 6.61. The van der Waals surface area contributed by atoms with Crippen LogP contribution in [-0.4, -0.2) is 6.26 Å². The molecule has 1 nitrogen and oxygen atoms in total. The van der Waals surface area contributed by atoms with Gasteiger partial charge in [-0.25, -0.2) is 0 Å². The molecule has 0 saturated heterocycles. The molecule has 78 valence electrons. The lowest BCUT2D eigenvalue weighted by atomic mass is 10.00. The molecule has 0 aromatic heterocycles. The molecule has 0 N–H and O–H groups in total. The van der Waals surface area contributed by atoms with E-state index in [4.69, 9.17) is 4.18 Å². The molecular weight excluding hydrogens is 212 g/mol. The molecule has 1 rings (SSSR count). The fourth-order valence-electron chi connectivity index (χ4n) is 1.66. The summed E-state index contributed by atoms with van der Waals surface area (Å²) in [6, 6.07) is 2.16. The quantitative estimate of drug-likeness (QED) is 0.624. The van der Waals surface area contributed by atoms with Gasteiger partial charge in [0.1, 0.15) is 5.75 Å². The summed E-state index contributed by atoms with van der Waals surface area (Å²) >= 11 is 5.72. The Kier molecular flexibility index (Phi) is 4.20. The topological polar surface area (TPSA) is 9.23 Å². The first-order valence-electron chi connectivity index (χ1n) is 4.53. The second kappa shape index (κ2) is 4.99. The third-order valence-corrected chi connectivity index (χ3v) is 3.03. The van der Waals surface area contributed by atoms with Gasteiger partial charge in [0, 0.05) is 12.0 Å². The van der Waals surface area contributed by atoms with Crippen molar-refractivity contribution in [1.82, 2.24) is 0 Å². The highest BCUT2D eigenvalue weighted by atomic mass is 32.2. The number of hydrogen-bond acceptors (Lipinski definition) is 3. The lowest BCUT2D eigenvalue weighted by Crippen LogP contribution is -1.96. The maximum absolute atomic E-state index is 5.55. The Hall–Kier alpha value is -0.280. The maximum Gasteiger partial charge on any atom is 0.143 e. The van der Waals surface area contributed by atoms with Gasteiger partial charge in [0.15, 0.2) is 0 Å². The van der Waals surface area contributed by atoms with Crippen LogP contribution in [0.2, 0.25) is 0 Å². The molecule has 0 amide bonds. The third-order valence-electron chi connectivity index (χ3n) is 2.39. The van der Waals surface area contributed by atoms with Gasteiger partial charge >= 0.3 is 0 Å². The van der Waals surface area contributed by atoms with Gasteiger partial charge in [0.25, 0.3) is 0 Å². The van der Waals surface area contributed by atoms with E-state index in [1.54, 1.807) is 0 Å². The van der Waals surface area contributed by atoms with E-state index in [0.29, 0.717) is 0 Å². The predicted octanol–water partition coefficient (Wildman–Crippen LogP) is 3.70. The Morgan fingerprint density at radius 3 is 2.43 bits per heavy atom. The van der Waals surface area contributed by atoms with Gasteiger partial charge in [-0.15, -0.1) is 0 Å². The van der Waals surface area contributed by atoms with Crippen LogP contribution in [-0.2, 0) is 5.75 Å². The molecule has 0 radical (unpaired) electrons. The molecule has 0 spiro atoms. The molecule has 0 aliphatic carbocycles. The van der Waals surface area contributed by atoms with Crippen LogP contribution < -0.4 is 4.18 Å². The van der Waals surface area contributed by atoms with Crippen LogP contribution >= 0.6 is 24.7 Å². The van der Waals surface area contributed by atoms with Crippen LogP contribution in [0.5, 0.6) is 5.75 Å². The van der Waals surface area contributed by atoms with Crippen molar-refractivity contribution >= 4 is 24.7 Å². The van der Waals surface area contributed by atoms with Crippen molar-refractivity contribution in [1.29, 1.82) is 0 Å². The molecule has 0 unspecified atom stereocenters. The molecule has 0 heterocycles. The Morgan fingerprint density at radius 1 is 1.29 bits per heavy atom. The van der Waals surface area contributed by atoms with Crippen molar-refractivity contribution in [2.24, 2.45) is 0 Å². The number of thiol groups is 1. The molecule has 0 saturated carbocycles. The van der Waals surface area contributed by atoms with E-state index < -0.39 is 0 Å².